The van der Waals surface area contributed by atoms with Crippen molar-refractivity contribution in [3.8, 4) is 0 Å². The molecule has 0 atom stereocenters. The number of anilines is 1. The minimum Gasteiger partial charge on any atom is -0.325 e. The van der Waals surface area contributed by atoms with Gasteiger partial charge in [-0.1, -0.05) is 29.3 Å². The lowest BCUT2D eigenvalue weighted by molar-refractivity contribution is -0.116. The van der Waals surface area contributed by atoms with Crippen molar-refractivity contribution in [3.63, 3.8) is 0 Å². The molecular formula is C16H16Cl2N2O3S2. The quantitative estimate of drug-likeness (QED) is 0.720. The number of rotatable bonds is 6. The number of hydrogen-bond acceptors (Lipinski definition) is 4. The molecule has 0 spiro atoms. The summed E-state index contributed by atoms with van der Waals surface area (Å²) < 4.78 is 26.1. The number of nitrogens with zero attached hydrogens (tertiary/aromatic N) is 1. The normalized spacial score (nSPS) is 11.6. The van der Waals surface area contributed by atoms with Crippen LogP contribution < -0.4 is 5.32 Å². The lowest BCUT2D eigenvalue weighted by atomic mass is 10.3. The molecule has 0 saturated carbocycles. The molecule has 0 heterocycles. The van der Waals surface area contributed by atoms with Gasteiger partial charge in [0.05, 0.1) is 11.6 Å². The Balaban J connectivity index is 2.13. The summed E-state index contributed by atoms with van der Waals surface area (Å²) in [6.45, 7) is -0.353. The van der Waals surface area contributed by atoms with E-state index in [2.05, 4.69) is 5.32 Å². The van der Waals surface area contributed by atoms with Crippen LogP contribution in [-0.4, -0.2) is 38.5 Å². The number of amides is 1. The van der Waals surface area contributed by atoms with E-state index >= 15 is 0 Å². The maximum atomic E-state index is 12.6. The van der Waals surface area contributed by atoms with Gasteiger partial charge < -0.3 is 5.32 Å². The highest BCUT2D eigenvalue weighted by Gasteiger charge is 2.25. The Labute approximate surface area is 161 Å². The zero-order valence-corrected chi connectivity index (χ0v) is 16.6. The average molecular weight is 419 g/mol. The van der Waals surface area contributed by atoms with Gasteiger partial charge in [-0.15, -0.1) is 11.8 Å². The summed E-state index contributed by atoms with van der Waals surface area (Å²) in [6, 6.07) is 11.4. The van der Waals surface area contributed by atoms with E-state index < -0.39 is 15.9 Å². The molecule has 1 N–H and O–H groups in total. The highest BCUT2D eigenvalue weighted by Crippen LogP contribution is 2.27. The molecule has 1 amide bonds. The van der Waals surface area contributed by atoms with Crippen LogP contribution in [0.1, 0.15) is 0 Å². The number of halogens is 2. The zero-order valence-electron chi connectivity index (χ0n) is 13.5. The molecule has 0 aliphatic heterocycles. The molecular weight excluding hydrogens is 403 g/mol. The molecule has 5 nitrogen and oxygen atoms in total. The predicted molar refractivity (Wildman–Crippen MR) is 103 cm³/mol. The van der Waals surface area contributed by atoms with Gasteiger partial charge in [0.2, 0.25) is 15.9 Å². The molecule has 9 heteroatoms. The molecule has 0 aliphatic rings. The third-order valence-corrected chi connectivity index (χ3v) is 6.55. The highest BCUT2D eigenvalue weighted by molar-refractivity contribution is 7.98. The standard InChI is InChI=1S/C16H16Cl2N2O3S2/c1-20(25(22,23)15-8-11(17)6-7-14(15)18)10-16(21)19-12-4-3-5-13(9-12)24-2/h3-9H,10H2,1-2H3,(H,19,21). The number of thioether (sulfide) groups is 1. The van der Waals surface area contributed by atoms with Gasteiger partial charge in [-0.2, -0.15) is 4.31 Å². The molecule has 0 fully saturated rings. The van der Waals surface area contributed by atoms with Crippen LogP contribution in [0.4, 0.5) is 5.69 Å². The van der Waals surface area contributed by atoms with Crippen molar-refractivity contribution in [2.45, 2.75) is 9.79 Å². The van der Waals surface area contributed by atoms with Crippen molar-refractivity contribution in [2.24, 2.45) is 0 Å². The summed E-state index contributed by atoms with van der Waals surface area (Å²) in [5.41, 5.74) is 0.600. The Kier molecular flexibility index (Phi) is 6.76. The Bertz CT molecular complexity index is 889. The third-order valence-electron chi connectivity index (χ3n) is 3.30. The van der Waals surface area contributed by atoms with Gasteiger partial charge in [-0.05, 0) is 42.7 Å². The summed E-state index contributed by atoms with van der Waals surface area (Å²) in [6.07, 6.45) is 1.93. The van der Waals surface area contributed by atoms with Crippen LogP contribution in [0, 0.1) is 0 Å². The summed E-state index contributed by atoms with van der Waals surface area (Å²) >= 11 is 13.3. The zero-order chi connectivity index (χ0) is 18.6. The summed E-state index contributed by atoms with van der Waals surface area (Å²) in [5.74, 6) is -0.456. The van der Waals surface area contributed by atoms with E-state index in [1.165, 1.54) is 25.2 Å². The molecule has 2 aromatic rings. The number of likely N-dealkylation sites (N-methyl/N-ethyl adjacent to an activating group) is 1. The lowest BCUT2D eigenvalue weighted by Gasteiger charge is -2.18. The van der Waals surface area contributed by atoms with Gasteiger partial charge in [0.1, 0.15) is 4.90 Å². The van der Waals surface area contributed by atoms with Crippen LogP contribution in [0.15, 0.2) is 52.3 Å². The van der Waals surface area contributed by atoms with Gasteiger partial charge in [-0.3, -0.25) is 4.79 Å². The minimum absolute atomic E-state index is 0.0457. The summed E-state index contributed by atoms with van der Waals surface area (Å²) in [4.78, 5) is 13.0. The molecule has 0 bridgehead atoms. The molecule has 0 saturated heterocycles. The number of nitrogens with one attached hydrogen (secondary N) is 1. The van der Waals surface area contributed by atoms with Gasteiger partial charge in [0.25, 0.3) is 0 Å². The average Bonchev–Trinajstić information content (AvgIpc) is 2.56. The van der Waals surface area contributed by atoms with Crippen LogP contribution in [0.25, 0.3) is 0 Å². The maximum Gasteiger partial charge on any atom is 0.244 e. The highest BCUT2D eigenvalue weighted by atomic mass is 35.5. The Morgan fingerprint density at radius 1 is 1.20 bits per heavy atom. The third kappa shape index (κ3) is 5.12. The predicted octanol–water partition coefficient (Wildman–Crippen LogP) is 3.97. The van der Waals surface area contributed by atoms with Crippen LogP contribution in [-0.2, 0) is 14.8 Å². The van der Waals surface area contributed by atoms with E-state index in [0.717, 1.165) is 9.20 Å². The van der Waals surface area contributed by atoms with Gasteiger partial charge in [-0.25, -0.2) is 8.42 Å². The second-order valence-electron chi connectivity index (χ2n) is 5.12. The van der Waals surface area contributed by atoms with Crippen molar-refractivity contribution >= 4 is 56.6 Å². The number of carbonyl (C=O) groups is 1. The first-order chi connectivity index (χ1) is 11.7. The molecule has 0 aromatic heterocycles. The summed E-state index contributed by atoms with van der Waals surface area (Å²) in [7, 11) is -2.63. The smallest absolute Gasteiger partial charge is 0.244 e. The first-order valence-corrected chi connectivity index (χ1v) is 10.5. The van der Waals surface area contributed by atoms with Crippen LogP contribution >= 0.6 is 35.0 Å². The Hall–Kier alpha value is -1.25. The molecule has 134 valence electrons. The molecule has 0 radical (unpaired) electrons. The van der Waals surface area contributed by atoms with E-state index in [1.54, 1.807) is 17.8 Å². The van der Waals surface area contributed by atoms with E-state index in [1.807, 2.05) is 24.5 Å². The number of carbonyl (C=O) groups excluding carboxylic acids is 1. The van der Waals surface area contributed by atoms with Crippen LogP contribution in [0.3, 0.4) is 0 Å². The van der Waals surface area contributed by atoms with E-state index in [9.17, 15) is 13.2 Å². The molecule has 2 rings (SSSR count). The summed E-state index contributed by atoms with van der Waals surface area (Å²) in [5, 5.41) is 2.97. The van der Waals surface area contributed by atoms with Crippen LogP contribution in [0.5, 0.6) is 0 Å². The maximum absolute atomic E-state index is 12.6. The number of sulfonamides is 1. The Morgan fingerprint density at radius 2 is 1.92 bits per heavy atom. The minimum atomic E-state index is -3.94. The fourth-order valence-electron chi connectivity index (χ4n) is 2.03. The topological polar surface area (TPSA) is 66.5 Å². The number of benzene rings is 2. The first-order valence-electron chi connectivity index (χ1n) is 7.09. The molecule has 0 unspecified atom stereocenters. The number of hydrogen-bond donors (Lipinski definition) is 1. The fraction of sp³-hybridized carbons (Fsp3) is 0.188. The fourth-order valence-corrected chi connectivity index (χ4v) is 4.35. The van der Waals surface area contributed by atoms with E-state index in [0.29, 0.717) is 5.69 Å². The lowest BCUT2D eigenvalue weighted by Crippen LogP contribution is -2.35. The monoisotopic (exact) mass is 418 g/mol. The second kappa shape index (κ2) is 8.42. The van der Waals surface area contributed by atoms with E-state index in [-0.39, 0.29) is 21.5 Å². The van der Waals surface area contributed by atoms with Crippen molar-refractivity contribution in [1.29, 1.82) is 0 Å². The van der Waals surface area contributed by atoms with Gasteiger partial charge in [0, 0.05) is 22.7 Å². The first kappa shape index (κ1) is 20.1. The van der Waals surface area contributed by atoms with Crippen LogP contribution in [0.2, 0.25) is 10.0 Å². The van der Waals surface area contributed by atoms with Crippen molar-refractivity contribution < 1.29 is 13.2 Å². The molecule has 2 aromatic carbocycles. The van der Waals surface area contributed by atoms with Gasteiger partial charge >= 0.3 is 0 Å². The molecule has 25 heavy (non-hydrogen) atoms. The van der Waals surface area contributed by atoms with Crippen molar-refractivity contribution in [3.05, 3.63) is 52.5 Å². The SMILES string of the molecule is CSc1cccc(NC(=O)CN(C)S(=O)(=O)c2cc(Cl)ccc2Cl)c1. The largest absolute Gasteiger partial charge is 0.325 e. The van der Waals surface area contributed by atoms with E-state index in [4.69, 9.17) is 23.2 Å². The molecule has 0 aliphatic carbocycles. The second-order valence-corrected chi connectivity index (χ2v) is 8.85. The van der Waals surface area contributed by atoms with Crippen molar-refractivity contribution in [1.82, 2.24) is 4.31 Å². The van der Waals surface area contributed by atoms with Gasteiger partial charge in [0.15, 0.2) is 0 Å². The Morgan fingerprint density at radius 3 is 2.60 bits per heavy atom. The van der Waals surface area contributed by atoms with Crippen molar-refractivity contribution in [2.75, 3.05) is 25.2 Å².